The molecule has 100 valence electrons. The minimum atomic E-state index is 0. The Bertz CT molecular complexity index is 257. The maximum Gasteiger partial charge on any atom is 0.239 e. The fraction of sp³-hybridized carbons (Fsp3) is 0.917. The molecule has 0 aromatic rings. The largest absolute Gasteiger partial charge is 0.396 e. The van der Waals surface area contributed by atoms with Gasteiger partial charge in [-0.3, -0.25) is 4.79 Å². The molecule has 0 bridgehead atoms. The molecule has 2 heterocycles. The van der Waals surface area contributed by atoms with E-state index in [1.807, 2.05) is 11.8 Å². The quantitative estimate of drug-likeness (QED) is 0.790. The normalized spacial score (nSPS) is 30.1. The van der Waals surface area contributed by atoms with Gasteiger partial charge in [0.1, 0.15) is 0 Å². The zero-order valence-electron chi connectivity index (χ0n) is 10.4. The van der Waals surface area contributed by atoms with Crippen molar-refractivity contribution in [3.05, 3.63) is 0 Å². The van der Waals surface area contributed by atoms with Crippen molar-refractivity contribution in [1.82, 2.24) is 10.2 Å². The van der Waals surface area contributed by atoms with Gasteiger partial charge in [0.15, 0.2) is 0 Å². The number of halogens is 1. The third-order valence-electron chi connectivity index (χ3n) is 3.89. The van der Waals surface area contributed by atoms with E-state index < -0.39 is 0 Å². The van der Waals surface area contributed by atoms with Crippen LogP contribution in [0.2, 0.25) is 0 Å². The lowest BCUT2D eigenvalue weighted by Crippen LogP contribution is -2.48. The lowest BCUT2D eigenvalue weighted by atomic mass is 10.00. The number of hydrogen-bond acceptors (Lipinski definition) is 3. The summed E-state index contributed by atoms with van der Waals surface area (Å²) in [4.78, 5) is 14.3. The van der Waals surface area contributed by atoms with Crippen LogP contribution in [0.5, 0.6) is 0 Å². The smallest absolute Gasteiger partial charge is 0.239 e. The van der Waals surface area contributed by atoms with E-state index in [0.717, 1.165) is 38.8 Å². The van der Waals surface area contributed by atoms with Crippen LogP contribution in [0.4, 0.5) is 0 Å². The zero-order valence-corrected chi connectivity index (χ0v) is 11.2. The van der Waals surface area contributed by atoms with Crippen LogP contribution < -0.4 is 5.32 Å². The third-order valence-corrected chi connectivity index (χ3v) is 3.89. The predicted octanol–water partition coefficient (Wildman–Crippen LogP) is 0.780. The molecule has 0 spiro atoms. The molecule has 5 heteroatoms. The Kier molecular flexibility index (Phi) is 5.70. The molecule has 4 nitrogen and oxygen atoms in total. The molecular formula is C12H23ClN2O2. The Morgan fingerprint density at radius 3 is 2.82 bits per heavy atom. The number of nitrogens with one attached hydrogen (secondary N) is 1. The molecule has 0 radical (unpaired) electrons. The van der Waals surface area contributed by atoms with Crippen LogP contribution in [0.1, 0.15) is 32.6 Å². The molecule has 0 aromatic heterocycles. The topological polar surface area (TPSA) is 52.6 Å². The number of aliphatic hydroxyl groups is 1. The molecule has 2 aliphatic heterocycles. The van der Waals surface area contributed by atoms with Gasteiger partial charge < -0.3 is 15.3 Å². The highest BCUT2D eigenvalue weighted by Gasteiger charge is 2.36. The number of hydrogen-bond donors (Lipinski definition) is 2. The Hall–Kier alpha value is -0.320. The number of carbonyl (C=O) groups excluding carboxylic acids is 1. The fourth-order valence-electron chi connectivity index (χ4n) is 2.87. The SMILES string of the molecule is CC(CO)[C@@H]1CCCN1C(=O)[C@@H]1CCCN1.Cl. The third kappa shape index (κ3) is 3.12. The van der Waals surface area contributed by atoms with Gasteiger partial charge in [-0.05, 0) is 38.1 Å². The monoisotopic (exact) mass is 262 g/mol. The first-order valence-electron chi connectivity index (χ1n) is 6.38. The summed E-state index contributed by atoms with van der Waals surface area (Å²) in [6.07, 6.45) is 4.19. The second kappa shape index (κ2) is 6.57. The molecule has 3 atom stereocenters. The standard InChI is InChI=1S/C12H22N2O2.ClH/c1-9(8-15)11-5-3-7-14(11)12(16)10-4-2-6-13-10;/h9-11,13,15H,2-8H2,1H3;1H/t9?,10-,11-;/m0./s1. The van der Waals surface area contributed by atoms with Crippen LogP contribution >= 0.6 is 12.4 Å². The van der Waals surface area contributed by atoms with E-state index in [0.29, 0.717) is 0 Å². The van der Waals surface area contributed by atoms with Crippen molar-refractivity contribution in [2.75, 3.05) is 19.7 Å². The molecule has 2 rings (SSSR count). The minimum absolute atomic E-state index is 0. The van der Waals surface area contributed by atoms with Crippen LogP contribution in [0.25, 0.3) is 0 Å². The molecule has 2 aliphatic rings. The van der Waals surface area contributed by atoms with E-state index in [-0.39, 0.29) is 42.9 Å². The highest BCUT2D eigenvalue weighted by molar-refractivity contribution is 5.85. The van der Waals surface area contributed by atoms with Gasteiger partial charge in [0.25, 0.3) is 0 Å². The first-order chi connectivity index (χ1) is 7.74. The van der Waals surface area contributed by atoms with Gasteiger partial charge in [0, 0.05) is 19.2 Å². The molecule has 17 heavy (non-hydrogen) atoms. The van der Waals surface area contributed by atoms with Gasteiger partial charge in [0.05, 0.1) is 6.04 Å². The summed E-state index contributed by atoms with van der Waals surface area (Å²) >= 11 is 0. The average Bonchev–Trinajstić information content (AvgIpc) is 2.97. The van der Waals surface area contributed by atoms with Crippen molar-refractivity contribution in [2.45, 2.75) is 44.7 Å². The van der Waals surface area contributed by atoms with Gasteiger partial charge in [-0.15, -0.1) is 12.4 Å². The summed E-state index contributed by atoms with van der Waals surface area (Å²) in [6.45, 7) is 4.03. The lowest BCUT2D eigenvalue weighted by Gasteiger charge is -2.30. The van der Waals surface area contributed by atoms with Gasteiger partial charge in [0.2, 0.25) is 5.91 Å². The Morgan fingerprint density at radius 1 is 1.47 bits per heavy atom. The van der Waals surface area contributed by atoms with E-state index in [9.17, 15) is 9.90 Å². The number of rotatable bonds is 3. The van der Waals surface area contributed by atoms with Crippen molar-refractivity contribution in [3.8, 4) is 0 Å². The average molecular weight is 263 g/mol. The van der Waals surface area contributed by atoms with E-state index in [4.69, 9.17) is 0 Å². The Morgan fingerprint density at radius 2 is 2.24 bits per heavy atom. The lowest BCUT2D eigenvalue weighted by molar-refractivity contribution is -0.135. The number of aliphatic hydroxyl groups excluding tert-OH is 1. The Balaban J connectivity index is 0.00000144. The molecule has 0 saturated carbocycles. The molecule has 2 N–H and O–H groups in total. The Labute approximate surface area is 109 Å². The van der Waals surface area contributed by atoms with Crippen molar-refractivity contribution in [3.63, 3.8) is 0 Å². The summed E-state index contributed by atoms with van der Waals surface area (Å²) in [5.41, 5.74) is 0. The first-order valence-corrected chi connectivity index (χ1v) is 6.38. The van der Waals surface area contributed by atoms with Crippen LogP contribution in [0, 0.1) is 5.92 Å². The van der Waals surface area contributed by atoms with Crippen molar-refractivity contribution in [1.29, 1.82) is 0 Å². The molecule has 0 aromatic carbocycles. The molecule has 1 amide bonds. The highest BCUT2D eigenvalue weighted by atomic mass is 35.5. The van der Waals surface area contributed by atoms with Crippen LogP contribution in [0.3, 0.4) is 0 Å². The summed E-state index contributed by atoms with van der Waals surface area (Å²) < 4.78 is 0. The van der Waals surface area contributed by atoms with Gasteiger partial charge >= 0.3 is 0 Å². The second-order valence-corrected chi connectivity index (χ2v) is 5.05. The maximum absolute atomic E-state index is 12.3. The van der Waals surface area contributed by atoms with E-state index in [1.54, 1.807) is 0 Å². The number of nitrogens with zero attached hydrogens (tertiary/aromatic N) is 1. The molecule has 0 aliphatic carbocycles. The molecule has 2 fully saturated rings. The second-order valence-electron chi connectivity index (χ2n) is 5.05. The number of carbonyl (C=O) groups is 1. The fourth-order valence-corrected chi connectivity index (χ4v) is 2.87. The van der Waals surface area contributed by atoms with Crippen molar-refractivity contribution >= 4 is 18.3 Å². The van der Waals surface area contributed by atoms with Gasteiger partial charge in [-0.25, -0.2) is 0 Å². The van der Waals surface area contributed by atoms with Crippen molar-refractivity contribution < 1.29 is 9.90 Å². The number of amides is 1. The van der Waals surface area contributed by atoms with E-state index in [1.165, 1.54) is 0 Å². The minimum Gasteiger partial charge on any atom is -0.396 e. The van der Waals surface area contributed by atoms with Crippen molar-refractivity contribution in [2.24, 2.45) is 5.92 Å². The summed E-state index contributed by atoms with van der Waals surface area (Å²) in [5.74, 6) is 0.452. The molecular weight excluding hydrogens is 240 g/mol. The van der Waals surface area contributed by atoms with Gasteiger partial charge in [-0.1, -0.05) is 6.92 Å². The first kappa shape index (κ1) is 14.7. The van der Waals surface area contributed by atoms with Crippen LogP contribution in [-0.4, -0.2) is 47.7 Å². The van der Waals surface area contributed by atoms with E-state index in [2.05, 4.69) is 5.32 Å². The highest BCUT2D eigenvalue weighted by Crippen LogP contribution is 2.25. The summed E-state index contributed by atoms with van der Waals surface area (Å²) in [5, 5.41) is 12.5. The van der Waals surface area contributed by atoms with Gasteiger partial charge in [-0.2, -0.15) is 0 Å². The molecule has 2 saturated heterocycles. The van der Waals surface area contributed by atoms with E-state index >= 15 is 0 Å². The summed E-state index contributed by atoms with van der Waals surface area (Å²) in [7, 11) is 0. The number of likely N-dealkylation sites (tertiary alicyclic amines) is 1. The van der Waals surface area contributed by atoms with Crippen LogP contribution in [-0.2, 0) is 4.79 Å². The van der Waals surface area contributed by atoms with Crippen LogP contribution in [0.15, 0.2) is 0 Å². The predicted molar refractivity (Wildman–Crippen MR) is 69.3 cm³/mol. The molecule has 1 unspecified atom stereocenters. The summed E-state index contributed by atoms with van der Waals surface area (Å²) in [6, 6.07) is 0.284. The maximum atomic E-state index is 12.3. The zero-order chi connectivity index (χ0) is 11.5.